The van der Waals surface area contributed by atoms with Gasteiger partial charge in [-0.15, -0.1) is 0 Å². The molecule has 1 aromatic rings. The van der Waals surface area contributed by atoms with Crippen LogP contribution in [0.5, 0.6) is 5.75 Å². The lowest BCUT2D eigenvalue weighted by Gasteiger charge is -2.21. The van der Waals surface area contributed by atoms with Crippen molar-refractivity contribution in [1.29, 1.82) is 5.26 Å². The smallest absolute Gasteiger partial charge is 0.228 e. The number of nitriles is 1. The largest absolute Gasteiger partial charge is 0.479 e. The monoisotopic (exact) mass is 259 g/mol. The van der Waals surface area contributed by atoms with Gasteiger partial charge in [0, 0.05) is 12.2 Å². The molecule has 1 saturated heterocycles. The van der Waals surface area contributed by atoms with E-state index in [4.69, 9.17) is 10.00 Å². The quantitative estimate of drug-likeness (QED) is 0.860. The Morgan fingerprint density at radius 1 is 1.47 bits per heavy atom. The number of carbonyl (C=O) groups is 1. The fourth-order valence-corrected chi connectivity index (χ4v) is 2.07. The standard InChI is InChI=1S/C14H17N3O2/c15-7-9-19-13-5-3-12(4-6-13)17-14(18)11-2-1-8-16-10-11/h3-6,11,16H,1-2,8-10H2,(H,17,18)/t11-/m0/s1. The van der Waals surface area contributed by atoms with Crippen LogP contribution < -0.4 is 15.4 Å². The Labute approximate surface area is 112 Å². The first kappa shape index (κ1) is 13.4. The molecule has 2 rings (SSSR count). The Bertz CT molecular complexity index is 459. The second-order valence-electron chi connectivity index (χ2n) is 4.50. The van der Waals surface area contributed by atoms with Gasteiger partial charge in [0.2, 0.25) is 5.91 Å². The molecule has 0 unspecified atom stereocenters. The second-order valence-corrected chi connectivity index (χ2v) is 4.50. The summed E-state index contributed by atoms with van der Waals surface area (Å²) >= 11 is 0. The molecule has 0 radical (unpaired) electrons. The average Bonchev–Trinajstić information content (AvgIpc) is 2.47. The van der Waals surface area contributed by atoms with Gasteiger partial charge in [0.25, 0.3) is 0 Å². The maximum atomic E-state index is 12.0. The van der Waals surface area contributed by atoms with Gasteiger partial charge in [-0.1, -0.05) is 0 Å². The van der Waals surface area contributed by atoms with Crippen LogP contribution in [0.25, 0.3) is 0 Å². The summed E-state index contributed by atoms with van der Waals surface area (Å²) in [6, 6.07) is 8.95. The lowest BCUT2D eigenvalue weighted by atomic mass is 9.99. The van der Waals surface area contributed by atoms with Crippen LogP contribution in [0, 0.1) is 17.2 Å². The molecule has 1 heterocycles. The lowest BCUT2D eigenvalue weighted by Crippen LogP contribution is -2.37. The molecule has 1 amide bonds. The van der Waals surface area contributed by atoms with Gasteiger partial charge in [-0.2, -0.15) is 5.26 Å². The van der Waals surface area contributed by atoms with Gasteiger partial charge in [-0.3, -0.25) is 4.79 Å². The number of piperidine rings is 1. The van der Waals surface area contributed by atoms with E-state index in [0.29, 0.717) is 5.75 Å². The van der Waals surface area contributed by atoms with Crippen molar-refractivity contribution < 1.29 is 9.53 Å². The van der Waals surface area contributed by atoms with Crippen LogP contribution in [0.3, 0.4) is 0 Å². The molecular weight excluding hydrogens is 242 g/mol. The van der Waals surface area contributed by atoms with Crippen molar-refractivity contribution in [1.82, 2.24) is 5.32 Å². The molecule has 2 N–H and O–H groups in total. The number of nitrogens with zero attached hydrogens (tertiary/aromatic N) is 1. The van der Waals surface area contributed by atoms with Gasteiger partial charge < -0.3 is 15.4 Å². The second kappa shape index (κ2) is 6.76. The Morgan fingerprint density at radius 2 is 2.26 bits per heavy atom. The number of hydrogen-bond donors (Lipinski definition) is 2. The zero-order chi connectivity index (χ0) is 13.5. The molecule has 1 aromatic carbocycles. The van der Waals surface area contributed by atoms with Crippen LogP contribution in [0.2, 0.25) is 0 Å². The molecule has 0 spiro atoms. The Kier molecular flexibility index (Phi) is 4.76. The van der Waals surface area contributed by atoms with Gasteiger partial charge >= 0.3 is 0 Å². The fourth-order valence-electron chi connectivity index (χ4n) is 2.07. The summed E-state index contributed by atoms with van der Waals surface area (Å²) in [5, 5.41) is 14.5. The van der Waals surface area contributed by atoms with Crippen LogP contribution in [0.4, 0.5) is 5.69 Å². The van der Waals surface area contributed by atoms with E-state index in [1.54, 1.807) is 24.3 Å². The zero-order valence-electron chi connectivity index (χ0n) is 10.7. The van der Waals surface area contributed by atoms with E-state index in [1.165, 1.54) is 0 Å². The molecule has 1 aliphatic rings. The van der Waals surface area contributed by atoms with Gasteiger partial charge in [-0.25, -0.2) is 0 Å². The summed E-state index contributed by atoms with van der Waals surface area (Å²) in [5.41, 5.74) is 0.750. The molecular formula is C14H17N3O2. The van der Waals surface area contributed by atoms with Gasteiger partial charge in [0.15, 0.2) is 6.61 Å². The summed E-state index contributed by atoms with van der Waals surface area (Å²) in [6.07, 6.45) is 1.97. The third-order valence-corrected chi connectivity index (χ3v) is 3.09. The van der Waals surface area contributed by atoms with Crippen molar-refractivity contribution in [3.63, 3.8) is 0 Å². The van der Waals surface area contributed by atoms with E-state index in [0.717, 1.165) is 31.6 Å². The number of benzene rings is 1. The average molecular weight is 259 g/mol. The minimum atomic E-state index is 0.0272. The zero-order valence-corrected chi connectivity index (χ0v) is 10.7. The molecule has 5 nitrogen and oxygen atoms in total. The van der Waals surface area contributed by atoms with E-state index in [-0.39, 0.29) is 18.4 Å². The van der Waals surface area contributed by atoms with Gasteiger partial charge in [0.1, 0.15) is 11.8 Å². The highest BCUT2D eigenvalue weighted by molar-refractivity contribution is 5.92. The van der Waals surface area contributed by atoms with E-state index in [9.17, 15) is 4.79 Å². The number of anilines is 1. The summed E-state index contributed by atoms with van der Waals surface area (Å²) in [5.74, 6) is 0.722. The first-order valence-corrected chi connectivity index (χ1v) is 6.41. The minimum Gasteiger partial charge on any atom is -0.479 e. The van der Waals surface area contributed by atoms with Crippen LogP contribution in [-0.4, -0.2) is 25.6 Å². The predicted octanol–water partition coefficient (Wildman–Crippen LogP) is 1.53. The number of ether oxygens (including phenoxy) is 1. The summed E-state index contributed by atoms with van der Waals surface area (Å²) in [4.78, 5) is 12.0. The first-order chi connectivity index (χ1) is 9.29. The van der Waals surface area contributed by atoms with Crippen molar-refractivity contribution in [3.05, 3.63) is 24.3 Å². The number of amides is 1. The highest BCUT2D eigenvalue weighted by Crippen LogP contribution is 2.18. The summed E-state index contributed by atoms with van der Waals surface area (Å²) < 4.78 is 5.15. The third-order valence-electron chi connectivity index (χ3n) is 3.09. The van der Waals surface area contributed by atoms with Gasteiger partial charge in [0.05, 0.1) is 5.92 Å². The molecule has 0 saturated carbocycles. The maximum Gasteiger partial charge on any atom is 0.228 e. The molecule has 0 aliphatic carbocycles. The molecule has 1 atom stereocenters. The molecule has 1 aliphatic heterocycles. The van der Waals surface area contributed by atoms with Crippen LogP contribution in [0.15, 0.2) is 24.3 Å². The topological polar surface area (TPSA) is 74.1 Å². The van der Waals surface area contributed by atoms with Crippen molar-refractivity contribution in [2.45, 2.75) is 12.8 Å². The van der Waals surface area contributed by atoms with E-state index in [1.807, 2.05) is 6.07 Å². The van der Waals surface area contributed by atoms with E-state index < -0.39 is 0 Å². The third kappa shape index (κ3) is 3.97. The maximum absolute atomic E-state index is 12.0. The molecule has 100 valence electrons. The molecule has 5 heteroatoms. The highest BCUT2D eigenvalue weighted by Gasteiger charge is 2.20. The Balaban J connectivity index is 1.88. The van der Waals surface area contributed by atoms with Crippen LogP contribution in [-0.2, 0) is 4.79 Å². The van der Waals surface area contributed by atoms with Crippen molar-refractivity contribution in [3.8, 4) is 11.8 Å². The number of carbonyl (C=O) groups excluding carboxylic acids is 1. The molecule has 0 aromatic heterocycles. The van der Waals surface area contributed by atoms with Crippen LogP contribution in [0.1, 0.15) is 12.8 Å². The minimum absolute atomic E-state index is 0.0272. The molecule has 19 heavy (non-hydrogen) atoms. The van der Waals surface area contributed by atoms with Crippen molar-refractivity contribution in [2.75, 3.05) is 25.0 Å². The summed E-state index contributed by atoms with van der Waals surface area (Å²) in [7, 11) is 0. The van der Waals surface area contributed by atoms with Crippen LogP contribution >= 0.6 is 0 Å². The van der Waals surface area contributed by atoms with Gasteiger partial charge in [-0.05, 0) is 43.7 Å². The first-order valence-electron chi connectivity index (χ1n) is 6.41. The van der Waals surface area contributed by atoms with Crippen molar-refractivity contribution >= 4 is 11.6 Å². The SMILES string of the molecule is N#CCOc1ccc(NC(=O)[C@H]2CCCNC2)cc1. The number of nitrogens with one attached hydrogen (secondary N) is 2. The molecule has 0 bridgehead atoms. The van der Waals surface area contributed by atoms with Crippen molar-refractivity contribution in [2.24, 2.45) is 5.92 Å². The number of hydrogen-bond acceptors (Lipinski definition) is 4. The normalized spacial score (nSPS) is 18.4. The number of rotatable bonds is 4. The Morgan fingerprint density at radius 3 is 2.89 bits per heavy atom. The predicted molar refractivity (Wildman–Crippen MR) is 71.8 cm³/mol. The molecule has 1 fully saturated rings. The Hall–Kier alpha value is -2.06. The summed E-state index contributed by atoms with van der Waals surface area (Å²) in [6.45, 7) is 1.77. The highest BCUT2D eigenvalue weighted by atomic mass is 16.5. The fraction of sp³-hybridized carbons (Fsp3) is 0.429. The van der Waals surface area contributed by atoms with E-state index >= 15 is 0 Å². The van der Waals surface area contributed by atoms with E-state index in [2.05, 4.69) is 10.6 Å². The lowest BCUT2D eigenvalue weighted by molar-refractivity contribution is -0.120.